The first kappa shape index (κ1) is 49.5. The van der Waals surface area contributed by atoms with Crippen LogP contribution in [0.1, 0.15) is 206 Å². The summed E-state index contributed by atoms with van der Waals surface area (Å²) in [5.41, 5.74) is 0. The summed E-state index contributed by atoms with van der Waals surface area (Å²) < 4.78 is 32.0. The Kier molecular flexibility index (Phi) is 37.2. The third-order valence-corrected chi connectivity index (χ3v) is 10.1. The van der Waals surface area contributed by atoms with Crippen molar-refractivity contribution in [1.82, 2.24) is 0 Å². The van der Waals surface area contributed by atoms with Crippen molar-refractivity contribution in [2.45, 2.75) is 213 Å². The van der Waals surface area contributed by atoms with Gasteiger partial charge in [-0.2, -0.15) is 0 Å². The SMILES string of the molecule is CCCCCCCC/C=C\CCCCCCCCCC(=O)OC(COC(=O)CCCCCCC/C=C\CCCCCCCC)COP(=O)(O)OC. The van der Waals surface area contributed by atoms with Crippen molar-refractivity contribution in [2.75, 3.05) is 20.3 Å². The normalized spacial score (nSPS) is 13.6. The molecule has 9 heteroatoms. The molecule has 1 N–H and O–H groups in total. The van der Waals surface area contributed by atoms with E-state index in [2.05, 4.69) is 42.7 Å². The van der Waals surface area contributed by atoms with Crippen LogP contribution in [0.4, 0.5) is 0 Å². The zero-order valence-electron chi connectivity index (χ0n) is 33.3. The summed E-state index contributed by atoms with van der Waals surface area (Å²) in [6.07, 6.45) is 42.2. The summed E-state index contributed by atoms with van der Waals surface area (Å²) in [7, 11) is -3.20. The van der Waals surface area contributed by atoms with Gasteiger partial charge in [0, 0.05) is 20.0 Å². The fourth-order valence-corrected chi connectivity index (χ4v) is 6.34. The van der Waals surface area contributed by atoms with Crippen molar-refractivity contribution in [3.63, 3.8) is 0 Å². The topological polar surface area (TPSA) is 108 Å². The fraction of sp³-hybridized carbons (Fsp3) is 0.857. The molecule has 0 fully saturated rings. The van der Waals surface area contributed by atoms with Crippen LogP contribution in [0, 0.1) is 0 Å². The van der Waals surface area contributed by atoms with Gasteiger partial charge in [-0.1, -0.05) is 154 Å². The van der Waals surface area contributed by atoms with Crippen LogP contribution >= 0.6 is 7.82 Å². The average molecular weight is 743 g/mol. The van der Waals surface area contributed by atoms with Crippen molar-refractivity contribution in [1.29, 1.82) is 0 Å². The molecule has 0 spiro atoms. The monoisotopic (exact) mass is 743 g/mol. The standard InChI is InChI=1S/C42H79O8P/c1-4-6-8-10-12-14-16-18-20-21-23-25-27-29-31-33-35-37-42(44)50-40(39-49-51(45,46)47-3)38-48-41(43)36-34-32-30-28-26-24-22-19-17-15-13-11-9-7-5-2/h18-20,22,40H,4-17,21,23-39H2,1-3H3,(H,45,46)/b20-18-,22-19-. The lowest BCUT2D eigenvalue weighted by atomic mass is 10.1. The third-order valence-electron chi connectivity index (χ3n) is 9.17. The number of rotatable bonds is 39. The Balaban J connectivity index is 4.01. The van der Waals surface area contributed by atoms with E-state index in [0.717, 1.165) is 71.3 Å². The molecule has 0 aromatic heterocycles. The van der Waals surface area contributed by atoms with Gasteiger partial charge < -0.3 is 14.4 Å². The van der Waals surface area contributed by atoms with Crippen molar-refractivity contribution in [2.24, 2.45) is 0 Å². The number of carbonyl (C=O) groups is 2. The highest BCUT2D eigenvalue weighted by Crippen LogP contribution is 2.42. The van der Waals surface area contributed by atoms with Gasteiger partial charge in [0.2, 0.25) is 0 Å². The molecule has 0 aliphatic carbocycles. The summed E-state index contributed by atoms with van der Waals surface area (Å²) in [6, 6.07) is 0. The first-order chi connectivity index (χ1) is 24.8. The van der Waals surface area contributed by atoms with E-state index in [1.165, 1.54) is 109 Å². The van der Waals surface area contributed by atoms with Crippen molar-refractivity contribution < 1.29 is 37.6 Å². The molecule has 0 saturated heterocycles. The number of hydrogen-bond donors (Lipinski definition) is 1. The molecule has 0 amide bonds. The molecule has 0 aromatic carbocycles. The lowest BCUT2D eigenvalue weighted by molar-refractivity contribution is -0.161. The minimum absolute atomic E-state index is 0.229. The molecular formula is C42H79O8P. The van der Waals surface area contributed by atoms with Gasteiger partial charge in [-0.15, -0.1) is 0 Å². The first-order valence-corrected chi connectivity index (χ1v) is 22.5. The van der Waals surface area contributed by atoms with Gasteiger partial charge in [0.15, 0.2) is 6.10 Å². The quantitative estimate of drug-likeness (QED) is 0.0287. The van der Waals surface area contributed by atoms with Gasteiger partial charge in [-0.25, -0.2) is 4.57 Å². The highest BCUT2D eigenvalue weighted by atomic mass is 31.2. The first-order valence-electron chi connectivity index (χ1n) is 21.0. The van der Waals surface area contributed by atoms with E-state index in [1.54, 1.807) is 0 Å². The molecular weight excluding hydrogens is 663 g/mol. The molecule has 8 nitrogen and oxygen atoms in total. The second-order valence-electron chi connectivity index (χ2n) is 14.1. The van der Waals surface area contributed by atoms with Crippen LogP contribution in [0.2, 0.25) is 0 Å². The van der Waals surface area contributed by atoms with E-state index < -0.39 is 26.5 Å². The van der Waals surface area contributed by atoms with Gasteiger partial charge in [-0.05, 0) is 64.2 Å². The van der Waals surface area contributed by atoms with Crippen LogP contribution in [0.25, 0.3) is 0 Å². The largest absolute Gasteiger partial charge is 0.472 e. The second-order valence-corrected chi connectivity index (χ2v) is 15.7. The van der Waals surface area contributed by atoms with Gasteiger partial charge in [0.25, 0.3) is 0 Å². The lowest BCUT2D eigenvalue weighted by Crippen LogP contribution is -2.29. The van der Waals surface area contributed by atoms with E-state index in [9.17, 15) is 19.0 Å². The fourth-order valence-electron chi connectivity index (χ4n) is 5.88. The number of esters is 2. The molecule has 0 aliphatic rings. The molecule has 0 bridgehead atoms. The Morgan fingerprint density at radius 2 is 0.882 bits per heavy atom. The van der Waals surface area contributed by atoms with E-state index in [1.807, 2.05) is 0 Å². The second kappa shape index (κ2) is 38.3. The molecule has 300 valence electrons. The Morgan fingerprint density at radius 3 is 1.27 bits per heavy atom. The molecule has 0 radical (unpaired) electrons. The van der Waals surface area contributed by atoms with Crippen molar-refractivity contribution in [3.8, 4) is 0 Å². The third kappa shape index (κ3) is 38.1. The Hall–Kier alpha value is -1.47. The number of allylic oxidation sites excluding steroid dienone is 4. The summed E-state index contributed by atoms with van der Waals surface area (Å²) in [4.78, 5) is 34.4. The van der Waals surface area contributed by atoms with Gasteiger partial charge in [-0.3, -0.25) is 18.6 Å². The average Bonchev–Trinajstić information content (AvgIpc) is 3.12. The van der Waals surface area contributed by atoms with Crippen LogP contribution in [0.15, 0.2) is 24.3 Å². The minimum atomic E-state index is -4.26. The lowest BCUT2D eigenvalue weighted by Gasteiger charge is -2.19. The minimum Gasteiger partial charge on any atom is -0.462 e. The molecule has 0 saturated carbocycles. The maximum absolute atomic E-state index is 12.5. The predicted octanol–water partition coefficient (Wildman–Crippen LogP) is 13.1. The van der Waals surface area contributed by atoms with Crippen LogP contribution < -0.4 is 0 Å². The van der Waals surface area contributed by atoms with Gasteiger partial charge in [0.1, 0.15) is 6.61 Å². The highest BCUT2D eigenvalue weighted by molar-refractivity contribution is 7.47. The number of carbonyl (C=O) groups excluding carboxylic acids is 2. The van der Waals surface area contributed by atoms with E-state index in [4.69, 9.17) is 14.0 Å². The Bertz CT molecular complexity index is 890. The summed E-state index contributed by atoms with van der Waals surface area (Å²) in [5, 5.41) is 0. The molecule has 0 rings (SSSR count). The van der Waals surface area contributed by atoms with Gasteiger partial charge >= 0.3 is 19.8 Å². The van der Waals surface area contributed by atoms with Crippen molar-refractivity contribution >= 4 is 19.8 Å². The summed E-state index contributed by atoms with van der Waals surface area (Å²) in [5.74, 6) is -0.813. The number of phosphoric ester groups is 1. The number of phosphoric acid groups is 1. The molecule has 0 heterocycles. The number of unbranched alkanes of at least 4 members (excludes halogenated alkanes) is 24. The van der Waals surface area contributed by atoms with Crippen LogP contribution in [-0.2, 0) is 32.7 Å². The van der Waals surface area contributed by atoms with E-state index in [-0.39, 0.29) is 25.4 Å². The molecule has 0 aliphatic heterocycles. The Labute approximate surface area is 313 Å². The summed E-state index contributed by atoms with van der Waals surface area (Å²) in [6.45, 7) is 3.88. The maximum atomic E-state index is 12.5. The highest BCUT2D eigenvalue weighted by Gasteiger charge is 2.24. The number of ether oxygens (including phenoxy) is 2. The maximum Gasteiger partial charge on any atom is 0.472 e. The van der Waals surface area contributed by atoms with Crippen LogP contribution in [0.5, 0.6) is 0 Å². The van der Waals surface area contributed by atoms with Crippen LogP contribution in [-0.4, -0.2) is 43.3 Å². The molecule has 51 heavy (non-hydrogen) atoms. The van der Waals surface area contributed by atoms with Gasteiger partial charge in [0.05, 0.1) is 6.61 Å². The zero-order valence-corrected chi connectivity index (χ0v) is 34.2. The van der Waals surface area contributed by atoms with E-state index in [0.29, 0.717) is 6.42 Å². The summed E-state index contributed by atoms with van der Waals surface area (Å²) >= 11 is 0. The smallest absolute Gasteiger partial charge is 0.462 e. The Morgan fingerprint density at radius 1 is 0.529 bits per heavy atom. The predicted molar refractivity (Wildman–Crippen MR) is 212 cm³/mol. The molecule has 0 aromatic rings. The zero-order chi connectivity index (χ0) is 37.5. The van der Waals surface area contributed by atoms with Crippen molar-refractivity contribution in [3.05, 3.63) is 24.3 Å². The van der Waals surface area contributed by atoms with E-state index >= 15 is 0 Å². The molecule has 2 unspecified atom stereocenters. The van der Waals surface area contributed by atoms with Crippen LogP contribution in [0.3, 0.4) is 0 Å². The number of hydrogen-bond acceptors (Lipinski definition) is 7. The molecule has 2 atom stereocenters.